The molecule has 0 aromatic heterocycles. The highest BCUT2D eigenvalue weighted by molar-refractivity contribution is 7.47. The smallest absolute Gasteiger partial charge is 0.462 e. The summed E-state index contributed by atoms with van der Waals surface area (Å²) in [6, 6.07) is 0. The van der Waals surface area contributed by atoms with Gasteiger partial charge in [-0.25, -0.2) is 4.57 Å². The number of phosphoric ester groups is 1. The van der Waals surface area contributed by atoms with E-state index >= 15 is 0 Å². The highest BCUT2D eigenvalue weighted by Gasteiger charge is 2.28. The van der Waals surface area contributed by atoms with Crippen molar-refractivity contribution in [2.24, 2.45) is 0 Å². The Labute approximate surface area is 488 Å². The summed E-state index contributed by atoms with van der Waals surface area (Å²) in [6.07, 6.45) is 74.6. The van der Waals surface area contributed by atoms with E-state index in [1.165, 1.54) is 77.0 Å². The first-order chi connectivity index (χ1) is 39.2. The molecular formula is C68H115O11P. The third-order valence-electron chi connectivity index (χ3n) is 13.1. The number of aliphatic hydroxyl groups is 1. The van der Waals surface area contributed by atoms with Gasteiger partial charge in [-0.05, 0) is 128 Å². The average molecular weight is 1140 g/mol. The van der Waals surface area contributed by atoms with Crippen LogP contribution >= 0.6 is 7.82 Å². The zero-order chi connectivity index (χ0) is 58.3. The minimum absolute atomic E-state index is 0.120. The topological polar surface area (TPSA) is 155 Å². The van der Waals surface area contributed by atoms with Crippen LogP contribution in [0.15, 0.2) is 109 Å². The number of hydrogen-bond donors (Lipinski definition) is 2. The molecule has 458 valence electrons. The summed E-state index contributed by atoms with van der Waals surface area (Å²) >= 11 is 0. The van der Waals surface area contributed by atoms with Gasteiger partial charge in [-0.3, -0.25) is 23.4 Å². The van der Waals surface area contributed by atoms with E-state index in [9.17, 15) is 28.9 Å². The third kappa shape index (κ3) is 58.8. The summed E-state index contributed by atoms with van der Waals surface area (Å²) in [6.45, 7) is 4.44. The summed E-state index contributed by atoms with van der Waals surface area (Å²) in [5.41, 5.74) is 0. The molecule has 12 heteroatoms. The van der Waals surface area contributed by atoms with Gasteiger partial charge in [0.25, 0.3) is 0 Å². The Morgan fingerprint density at radius 2 is 0.650 bits per heavy atom. The molecule has 3 unspecified atom stereocenters. The molecule has 0 rings (SSSR count). The molecule has 0 spiro atoms. The van der Waals surface area contributed by atoms with Crippen molar-refractivity contribution < 1.29 is 52.2 Å². The molecule has 11 nitrogen and oxygen atoms in total. The summed E-state index contributed by atoms with van der Waals surface area (Å²) in [4.78, 5) is 48.7. The van der Waals surface area contributed by atoms with Crippen LogP contribution in [0.5, 0.6) is 0 Å². The van der Waals surface area contributed by atoms with E-state index in [2.05, 4.69) is 130 Å². The summed E-state index contributed by atoms with van der Waals surface area (Å²) < 4.78 is 39.6. The maximum Gasteiger partial charge on any atom is 0.472 e. The molecule has 0 aliphatic rings. The molecule has 80 heavy (non-hydrogen) atoms. The Hall–Kier alpha value is -3.86. The fourth-order valence-electron chi connectivity index (χ4n) is 8.33. The van der Waals surface area contributed by atoms with Gasteiger partial charge in [0.15, 0.2) is 6.10 Å². The van der Waals surface area contributed by atoms with Gasteiger partial charge in [0.1, 0.15) is 12.7 Å². The lowest BCUT2D eigenvalue weighted by atomic mass is 10.1. The highest BCUT2D eigenvalue weighted by atomic mass is 31.2. The van der Waals surface area contributed by atoms with Crippen molar-refractivity contribution in [3.05, 3.63) is 109 Å². The maximum atomic E-state index is 13.0. The summed E-state index contributed by atoms with van der Waals surface area (Å²) in [5.74, 6) is -1.53. The second kappa shape index (κ2) is 61.2. The summed E-state index contributed by atoms with van der Waals surface area (Å²) in [5, 5.41) is 9.86. The molecule has 0 heterocycles. The van der Waals surface area contributed by atoms with Crippen molar-refractivity contribution >= 4 is 25.7 Å². The van der Waals surface area contributed by atoms with Crippen LogP contribution in [0.3, 0.4) is 0 Å². The molecule has 0 amide bonds. The molecule has 0 bridgehead atoms. The third-order valence-corrected chi connectivity index (χ3v) is 14.1. The number of hydrogen-bond acceptors (Lipinski definition) is 10. The first kappa shape index (κ1) is 76.1. The van der Waals surface area contributed by atoms with Gasteiger partial charge in [-0.15, -0.1) is 0 Å². The molecule has 0 saturated heterocycles. The van der Waals surface area contributed by atoms with Crippen molar-refractivity contribution in [3.63, 3.8) is 0 Å². The lowest BCUT2D eigenvalue weighted by Crippen LogP contribution is -2.30. The van der Waals surface area contributed by atoms with Gasteiger partial charge in [0.2, 0.25) is 0 Å². The van der Waals surface area contributed by atoms with Gasteiger partial charge < -0.3 is 24.2 Å². The molecule has 0 aromatic rings. The van der Waals surface area contributed by atoms with E-state index < -0.39 is 57.8 Å². The van der Waals surface area contributed by atoms with E-state index in [4.69, 9.17) is 23.3 Å². The van der Waals surface area contributed by atoms with Crippen LogP contribution in [0.4, 0.5) is 0 Å². The highest BCUT2D eigenvalue weighted by Crippen LogP contribution is 2.43. The van der Waals surface area contributed by atoms with Crippen LogP contribution in [0.2, 0.25) is 0 Å². The predicted octanol–water partition coefficient (Wildman–Crippen LogP) is 19.4. The maximum absolute atomic E-state index is 13.0. The van der Waals surface area contributed by atoms with Crippen molar-refractivity contribution in [3.8, 4) is 0 Å². The standard InChI is InChI=1S/C68H115O11P/c1-4-7-10-13-16-19-22-25-28-30-32-34-37-40-43-46-49-52-55-58-67(71)78-64(60-69)62-76-80(73,74)77-63-65(61-75-66(70)57-54-51-48-45-42-39-36-27-24-21-18-15-12-9-6-3)79-68(72)59-56-53-50-47-44-41-38-35-33-31-29-26-23-20-17-14-11-8-5-2/h8,11,16-21,25-29,33,35-36,41,44,64-65,69H,4-7,9-10,12-15,22-24,30-32,34,37-40,42-43,45-63H2,1-3H3,(H,73,74)/b11-8-,19-16-,20-17-,21-18-,28-25-,29-26-,35-33-,36-27-,44-41-. The predicted molar refractivity (Wildman–Crippen MR) is 334 cm³/mol. The molecule has 0 radical (unpaired) electrons. The van der Waals surface area contributed by atoms with Crippen molar-refractivity contribution in [2.75, 3.05) is 26.4 Å². The van der Waals surface area contributed by atoms with E-state index in [0.29, 0.717) is 19.3 Å². The quantitative estimate of drug-likeness (QED) is 0.0197. The van der Waals surface area contributed by atoms with E-state index in [1.807, 2.05) is 0 Å². The van der Waals surface area contributed by atoms with Gasteiger partial charge >= 0.3 is 25.7 Å². The van der Waals surface area contributed by atoms with Gasteiger partial charge in [-0.2, -0.15) is 0 Å². The number of esters is 3. The Balaban J connectivity index is 4.76. The van der Waals surface area contributed by atoms with Crippen molar-refractivity contribution in [1.82, 2.24) is 0 Å². The Morgan fingerprint density at radius 3 is 1.01 bits per heavy atom. The molecule has 0 saturated carbocycles. The lowest BCUT2D eigenvalue weighted by molar-refractivity contribution is -0.161. The lowest BCUT2D eigenvalue weighted by Gasteiger charge is -2.21. The molecular weight excluding hydrogens is 1020 g/mol. The van der Waals surface area contributed by atoms with E-state index in [1.54, 1.807) is 0 Å². The normalized spacial score (nSPS) is 14.0. The molecule has 0 aliphatic heterocycles. The first-order valence-electron chi connectivity index (χ1n) is 31.8. The number of carbonyl (C=O) groups excluding carboxylic acids is 3. The van der Waals surface area contributed by atoms with Gasteiger partial charge in [0.05, 0.1) is 19.8 Å². The molecule has 0 aliphatic carbocycles. The number of allylic oxidation sites excluding steroid dienone is 18. The molecule has 2 N–H and O–H groups in total. The van der Waals surface area contributed by atoms with Crippen molar-refractivity contribution in [1.29, 1.82) is 0 Å². The number of aliphatic hydroxyl groups excluding tert-OH is 1. The Bertz CT molecular complexity index is 1760. The zero-order valence-electron chi connectivity index (χ0n) is 50.8. The minimum Gasteiger partial charge on any atom is -0.462 e. The first-order valence-corrected chi connectivity index (χ1v) is 33.3. The van der Waals surface area contributed by atoms with Crippen LogP contribution in [-0.2, 0) is 42.2 Å². The minimum atomic E-state index is -4.77. The van der Waals surface area contributed by atoms with Crippen LogP contribution in [0.25, 0.3) is 0 Å². The second-order valence-electron chi connectivity index (χ2n) is 20.8. The Morgan fingerprint density at radius 1 is 0.362 bits per heavy atom. The fraction of sp³-hybridized carbons (Fsp3) is 0.691. The van der Waals surface area contributed by atoms with Gasteiger partial charge in [-0.1, -0.05) is 226 Å². The molecule has 0 fully saturated rings. The fourth-order valence-corrected chi connectivity index (χ4v) is 9.11. The van der Waals surface area contributed by atoms with Crippen LogP contribution in [0, 0.1) is 0 Å². The van der Waals surface area contributed by atoms with Crippen LogP contribution in [-0.4, -0.2) is 66.5 Å². The van der Waals surface area contributed by atoms with Gasteiger partial charge in [0, 0.05) is 19.3 Å². The van der Waals surface area contributed by atoms with Crippen LogP contribution in [0.1, 0.15) is 265 Å². The van der Waals surface area contributed by atoms with E-state index in [0.717, 1.165) is 128 Å². The average Bonchev–Trinajstić information content (AvgIpc) is 3.45. The monoisotopic (exact) mass is 1140 g/mol. The second-order valence-corrected chi connectivity index (χ2v) is 22.3. The van der Waals surface area contributed by atoms with Crippen LogP contribution < -0.4 is 0 Å². The summed E-state index contributed by atoms with van der Waals surface area (Å²) in [7, 11) is -4.77. The molecule has 0 aromatic carbocycles. The number of ether oxygens (including phenoxy) is 3. The Kier molecular flexibility index (Phi) is 58.3. The SMILES string of the molecule is CC/C=C\C/C=C\C/C=C\C/C=C\C/C=C\CCCCCC(=O)OC(COC(=O)CCCCCCC/C=C\C/C=C\CCCCC)COP(=O)(O)OCC(CO)OC(=O)CCCCCCCCCCC/C=C\C/C=C\CCCCC. The number of unbranched alkanes of at least 4 members (excludes halogenated alkanes) is 23. The van der Waals surface area contributed by atoms with Crippen molar-refractivity contribution in [2.45, 2.75) is 277 Å². The largest absolute Gasteiger partial charge is 0.472 e. The molecule has 3 atom stereocenters. The number of rotatable bonds is 58. The van der Waals surface area contributed by atoms with E-state index in [-0.39, 0.29) is 25.9 Å². The number of phosphoric acid groups is 1. The number of carbonyl (C=O) groups is 3. The zero-order valence-corrected chi connectivity index (χ0v) is 51.7.